The molecule has 20 heavy (non-hydrogen) atoms. The summed E-state index contributed by atoms with van der Waals surface area (Å²) in [5.41, 5.74) is 0. The molecule has 1 unspecified atom stereocenters. The molecule has 0 aliphatic carbocycles. The van der Waals surface area contributed by atoms with E-state index in [2.05, 4.69) is 23.9 Å². The minimum atomic E-state index is -3.32. The summed E-state index contributed by atoms with van der Waals surface area (Å²) in [6.07, 6.45) is 2.04. The molecule has 1 rings (SSSR count). The molecule has 1 heterocycles. The molecule has 1 atom stereocenters. The van der Waals surface area contributed by atoms with Gasteiger partial charge >= 0.3 is 0 Å². The fourth-order valence-electron chi connectivity index (χ4n) is 2.30. The quantitative estimate of drug-likeness (QED) is 0.667. The van der Waals surface area contributed by atoms with Gasteiger partial charge in [-0.3, -0.25) is 0 Å². The molecule has 0 saturated carbocycles. The Kier molecular flexibility index (Phi) is 7.39. The predicted molar refractivity (Wildman–Crippen MR) is 82.9 cm³/mol. The molecule has 1 aliphatic heterocycles. The first kappa shape index (κ1) is 17.8. The average Bonchev–Trinajstić information content (AvgIpc) is 2.36. The SMILES string of the molecule is CC(C)NCC1CCCN(S(=O)(=O)NCCN(C)C)C1. The number of hydrogen-bond donors (Lipinski definition) is 2. The van der Waals surface area contributed by atoms with Crippen molar-refractivity contribution in [1.82, 2.24) is 19.2 Å². The van der Waals surface area contributed by atoms with E-state index in [4.69, 9.17) is 0 Å². The van der Waals surface area contributed by atoms with Crippen molar-refractivity contribution in [2.24, 2.45) is 5.92 Å². The molecule has 0 radical (unpaired) electrons. The molecule has 6 nitrogen and oxygen atoms in total. The Morgan fingerprint density at radius 1 is 1.35 bits per heavy atom. The number of nitrogens with zero attached hydrogens (tertiary/aromatic N) is 2. The van der Waals surface area contributed by atoms with Gasteiger partial charge in [-0.1, -0.05) is 13.8 Å². The number of piperidine rings is 1. The summed E-state index contributed by atoms with van der Waals surface area (Å²) in [6, 6.07) is 0.445. The van der Waals surface area contributed by atoms with E-state index in [1.165, 1.54) is 0 Å². The van der Waals surface area contributed by atoms with Gasteiger partial charge in [-0.2, -0.15) is 12.7 Å². The van der Waals surface area contributed by atoms with E-state index in [9.17, 15) is 8.42 Å². The van der Waals surface area contributed by atoms with E-state index in [0.29, 0.717) is 38.1 Å². The van der Waals surface area contributed by atoms with Crippen molar-refractivity contribution >= 4 is 10.2 Å². The van der Waals surface area contributed by atoms with Gasteiger partial charge in [0.2, 0.25) is 0 Å². The molecule has 0 aromatic carbocycles. The molecule has 7 heteroatoms. The third-order valence-corrected chi connectivity index (χ3v) is 5.06. The van der Waals surface area contributed by atoms with Crippen LogP contribution in [0, 0.1) is 5.92 Å². The molecule has 2 N–H and O–H groups in total. The van der Waals surface area contributed by atoms with Gasteiger partial charge in [-0.15, -0.1) is 0 Å². The zero-order chi connectivity index (χ0) is 15.2. The highest BCUT2D eigenvalue weighted by Crippen LogP contribution is 2.18. The van der Waals surface area contributed by atoms with Crippen LogP contribution in [-0.4, -0.2) is 70.5 Å². The highest BCUT2D eigenvalue weighted by molar-refractivity contribution is 7.87. The van der Waals surface area contributed by atoms with Gasteiger partial charge < -0.3 is 10.2 Å². The zero-order valence-electron chi connectivity index (χ0n) is 13.2. The second-order valence-electron chi connectivity index (χ2n) is 6.13. The van der Waals surface area contributed by atoms with E-state index in [1.54, 1.807) is 4.31 Å². The number of rotatable bonds is 8. The molecule has 0 aromatic rings. The van der Waals surface area contributed by atoms with E-state index < -0.39 is 10.2 Å². The van der Waals surface area contributed by atoms with E-state index in [0.717, 1.165) is 19.4 Å². The maximum atomic E-state index is 12.2. The molecule has 0 bridgehead atoms. The Bertz CT molecular complexity index is 371. The number of likely N-dealkylation sites (N-methyl/N-ethyl adjacent to an activating group) is 1. The molecular formula is C13H30N4O2S. The van der Waals surface area contributed by atoms with Crippen molar-refractivity contribution in [3.8, 4) is 0 Å². The van der Waals surface area contributed by atoms with Gasteiger partial charge in [0.15, 0.2) is 0 Å². The van der Waals surface area contributed by atoms with Crippen molar-refractivity contribution in [3.05, 3.63) is 0 Å². The van der Waals surface area contributed by atoms with E-state index in [1.807, 2.05) is 19.0 Å². The van der Waals surface area contributed by atoms with Gasteiger partial charge in [-0.25, -0.2) is 4.72 Å². The lowest BCUT2D eigenvalue weighted by Gasteiger charge is -2.32. The Hall–Kier alpha value is -0.210. The minimum absolute atomic E-state index is 0.413. The largest absolute Gasteiger partial charge is 0.314 e. The molecule has 1 fully saturated rings. The Labute approximate surface area is 124 Å². The molecule has 1 saturated heterocycles. The summed E-state index contributed by atoms with van der Waals surface area (Å²) >= 11 is 0. The summed E-state index contributed by atoms with van der Waals surface area (Å²) in [6.45, 7) is 7.54. The van der Waals surface area contributed by atoms with E-state index >= 15 is 0 Å². The highest BCUT2D eigenvalue weighted by atomic mass is 32.2. The van der Waals surface area contributed by atoms with Crippen molar-refractivity contribution < 1.29 is 8.42 Å². The van der Waals surface area contributed by atoms with Crippen molar-refractivity contribution in [2.45, 2.75) is 32.7 Å². The van der Waals surface area contributed by atoms with Gasteiger partial charge in [0.05, 0.1) is 0 Å². The second-order valence-corrected chi connectivity index (χ2v) is 7.89. The summed E-state index contributed by atoms with van der Waals surface area (Å²) in [5.74, 6) is 0.413. The lowest BCUT2D eigenvalue weighted by atomic mass is 9.99. The zero-order valence-corrected chi connectivity index (χ0v) is 14.0. The summed E-state index contributed by atoms with van der Waals surface area (Å²) in [4.78, 5) is 1.97. The molecular weight excluding hydrogens is 276 g/mol. The average molecular weight is 306 g/mol. The monoisotopic (exact) mass is 306 g/mol. The maximum absolute atomic E-state index is 12.2. The fraction of sp³-hybridized carbons (Fsp3) is 1.00. The van der Waals surface area contributed by atoms with Crippen LogP contribution in [0.3, 0.4) is 0 Å². The van der Waals surface area contributed by atoms with Crippen molar-refractivity contribution in [3.63, 3.8) is 0 Å². The van der Waals surface area contributed by atoms with Crippen molar-refractivity contribution in [2.75, 3.05) is 46.8 Å². The molecule has 120 valence electrons. The first-order valence-corrected chi connectivity index (χ1v) is 8.88. The number of hydrogen-bond acceptors (Lipinski definition) is 4. The first-order chi connectivity index (χ1) is 9.31. The third kappa shape index (κ3) is 6.49. The lowest BCUT2D eigenvalue weighted by molar-refractivity contribution is 0.254. The third-order valence-electron chi connectivity index (χ3n) is 3.48. The first-order valence-electron chi connectivity index (χ1n) is 7.44. The van der Waals surface area contributed by atoms with Crippen LogP contribution in [0.25, 0.3) is 0 Å². The predicted octanol–water partition coefficient (Wildman–Crippen LogP) is 0.0924. The minimum Gasteiger partial charge on any atom is -0.314 e. The number of nitrogens with one attached hydrogen (secondary N) is 2. The van der Waals surface area contributed by atoms with Gasteiger partial charge in [0.1, 0.15) is 0 Å². The van der Waals surface area contributed by atoms with Crippen LogP contribution in [0.1, 0.15) is 26.7 Å². The van der Waals surface area contributed by atoms with Crippen LogP contribution in [0.15, 0.2) is 0 Å². The molecule has 0 spiro atoms. The van der Waals surface area contributed by atoms with E-state index in [-0.39, 0.29) is 0 Å². The summed E-state index contributed by atoms with van der Waals surface area (Å²) < 4.78 is 28.7. The van der Waals surface area contributed by atoms with Crippen LogP contribution in [0.5, 0.6) is 0 Å². The van der Waals surface area contributed by atoms with Crippen LogP contribution >= 0.6 is 0 Å². The Morgan fingerprint density at radius 2 is 2.05 bits per heavy atom. The summed E-state index contributed by atoms with van der Waals surface area (Å²) in [5, 5.41) is 3.40. The highest BCUT2D eigenvalue weighted by Gasteiger charge is 2.28. The summed E-state index contributed by atoms with van der Waals surface area (Å²) in [7, 11) is 0.545. The van der Waals surface area contributed by atoms with Gasteiger partial charge in [-0.05, 0) is 39.4 Å². The molecule has 1 aliphatic rings. The smallest absolute Gasteiger partial charge is 0.279 e. The molecule has 0 aromatic heterocycles. The van der Waals surface area contributed by atoms with Crippen LogP contribution in [0.2, 0.25) is 0 Å². The lowest BCUT2D eigenvalue weighted by Crippen LogP contribution is -2.49. The van der Waals surface area contributed by atoms with Crippen LogP contribution in [-0.2, 0) is 10.2 Å². The molecule has 0 amide bonds. The standard InChI is InChI=1S/C13H30N4O2S/c1-12(2)14-10-13-6-5-8-17(11-13)20(18,19)15-7-9-16(3)4/h12-15H,5-11H2,1-4H3. The Balaban J connectivity index is 2.44. The van der Waals surface area contributed by atoms with Crippen molar-refractivity contribution in [1.29, 1.82) is 0 Å². The van der Waals surface area contributed by atoms with Crippen LogP contribution < -0.4 is 10.0 Å². The topological polar surface area (TPSA) is 64.7 Å². The van der Waals surface area contributed by atoms with Gasteiger partial charge in [0.25, 0.3) is 10.2 Å². The van der Waals surface area contributed by atoms with Gasteiger partial charge in [0, 0.05) is 32.2 Å². The Morgan fingerprint density at radius 3 is 2.65 bits per heavy atom. The normalized spacial score (nSPS) is 21.8. The fourth-order valence-corrected chi connectivity index (χ4v) is 3.61. The van der Waals surface area contributed by atoms with Crippen LogP contribution in [0.4, 0.5) is 0 Å². The second kappa shape index (κ2) is 8.29. The maximum Gasteiger partial charge on any atom is 0.279 e.